The second kappa shape index (κ2) is 10.3. The van der Waals surface area contributed by atoms with Crippen molar-refractivity contribution in [3.63, 3.8) is 0 Å². The molecular formula is C18H20N6O5S. The molecule has 1 N–H and O–H groups in total. The number of carbonyl (C=O) groups excluding carboxylic acids is 1. The van der Waals surface area contributed by atoms with Crippen LogP contribution in [0.5, 0.6) is 11.6 Å². The summed E-state index contributed by atoms with van der Waals surface area (Å²) in [6, 6.07) is 6.74. The highest BCUT2D eigenvalue weighted by molar-refractivity contribution is 7.98. The maximum atomic E-state index is 11.8. The predicted octanol–water partition coefficient (Wildman–Crippen LogP) is 2.81. The SMILES string of the molecule is CCOC(=O)CNc1nc(SC)nc(Oc2cc(C#N)ccc2N(C)C)c1[N+](=O)[O-]. The number of aromatic nitrogens is 2. The highest BCUT2D eigenvalue weighted by atomic mass is 32.2. The fourth-order valence-electron chi connectivity index (χ4n) is 2.37. The van der Waals surface area contributed by atoms with Crippen LogP contribution in [0.25, 0.3) is 0 Å². The van der Waals surface area contributed by atoms with Crippen molar-refractivity contribution in [2.75, 3.05) is 43.7 Å². The van der Waals surface area contributed by atoms with Crippen LogP contribution in [-0.4, -0.2) is 54.4 Å². The predicted molar refractivity (Wildman–Crippen MR) is 111 cm³/mol. The number of benzene rings is 1. The number of esters is 1. The van der Waals surface area contributed by atoms with Gasteiger partial charge in [0, 0.05) is 20.2 Å². The summed E-state index contributed by atoms with van der Waals surface area (Å²) >= 11 is 1.15. The van der Waals surface area contributed by atoms with Crippen LogP contribution in [-0.2, 0) is 9.53 Å². The van der Waals surface area contributed by atoms with Crippen LogP contribution in [0.2, 0.25) is 0 Å². The van der Waals surface area contributed by atoms with E-state index in [1.807, 2.05) is 6.07 Å². The van der Waals surface area contributed by atoms with Crippen molar-refractivity contribution in [1.29, 1.82) is 5.26 Å². The summed E-state index contributed by atoms with van der Waals surface area (Å²) in [5, 5.41) is 23.8. The molecule has 0 aliphatic heterocycles. The molecule has 0 unspecified atom stereocenters. The fourth-order valence-corrected chi connectivity index (χ4v) is 2.73. The maximum Gasteiger partial charge on any atom is 0.373 e. The summed E-state index contributed by atoms with van der Waals surface area (Å²) < 4.78 is 10.6. The van der Waals surface area contributed by atoms with Crippen LogP contribution >= 0.6 is 11.8 Å². The van der Waals surface area contributed by atoms with Crippen LogP contribution in [0.4, 0.5) is 17.2 Å². The normalized spacial score (nSPS) is 10.1. The quantitative estimate of drug-likeness (QED) is 0.205. The summed E-state index contributed by atoms with van der Waals surface area (Å²) in [5.41, 5.74) is 0.371. The Balaban J connectivity index is 2.54. The number of thioether (sulfide) groups is 1. The van der Waals surface area contributed by atoms with Crippen molar-refractivity contribution in [2.24, 2.45) is 0 Å². The topological polar surface area (TPSA) is 144 Å². The molecule has 30 heavy (non-hydrogen) atoms. The minimum Gasteiger partial charge on any atom is -0.465 e. The van der Waals surface area contributed by atoms with Crippen molar-refractivity contribution in [3.8, 4) is 17.7 Å². The first kappa shape index (κ1) is 22.7. The summed E-state index contributed by atoms with van der Waals surface area (Å²) in [6.07, 6.45) is 1.70. The van der Waals surface area contributed by atoms with Gasteiger partial charge in [-0.05, 0) is 25.3 Å². The molecule has 0 spiro atoms. The van der Waals surface area contributed by atoms with Gasteiger partial charge < -0.3 is 19.7 Å². The monoisotopic (exact) mass is 432 g/mol. The van der Waals surface area contributed by atoms with Gasteiger partial charge in [0.05, 0.1) is 28.9 Å². The Labute approximate surface area is 177 Å². The Kier molecular flexibility index (Phi) is 7.76. The molecule has 2 rings (SSSR count). The second-order valence-electron chi connectivity index (χ2n) is 5.92. The Bertz CT molecular complexity index is 992. The number of nitrogens with one attached hydrogen (secondary N) is 1. The van der Waals surface area contributed by atoms with E-state index in [0.29, 0.717) is 11.3 Å². The second-order valence-corrected chi connectivity index (χ2v) is 6.69. The molecule has 0 aliphatic carbocycles. The Hall–Kier alpha value is -3.59. The zero-order valence-electron chi connectivity index (χ0n) is 16.8. The van der Waals surface area contributed by atoms with Gasteiger partial charge in [0.15, 0.2) is 10.9 Å². The number of ether oxygens (including phenoxy) is 2. The summed E-state index contributed by atoms with van der Waals surface area (Å²) in [6.45, 7) is 1.52. The van der Waals surface area contributed by atoms with Crippen molar-refractivity contribution in [2.45, 2.75) is 12.1 Å². The van der Waals surface area contributed by atoms with Crippen molar-refractivity contribution >= 4 is 34.9 Å². The molecule has 0 amide bonds. The molecule has 0 bridgehead atoms. The smallest absolute Gasteiger partial charge is 0.373 e. The first-order valence-corrected chi connectivity index (χ1v) is 9.92. The van der Waals surface area contributed by atoms with Crippen LogP contribution in [0.15, 0.2) is 23.4 Å². The van der Waals surface area contributed by atoms with E-state index in [1.165, 1.54) is 6.07 Å². The Morgan fingerprint density at radius 1 is 1.40 bits per heavy atom. The molecule has 0 radical (unpaired) electrons. The van der Waals surface area contributed by atoms with Gasteiger partial charge in [0.25, 0.3) is 0 Å². The molecule has 0 atom stereocenters. The molecule has 0 saturated carbocycles. The van der Waals surface area contributed by atoms with Gasteiger partial charge >= 0.3 is 17.5 Å². The van der Waals surface area contributed by atoms with E-state index in [4.69, 9.17) is 9.47 Å². The lowest BCUT2D eigenvalue weighted by Crippen LogP contribution is -2.18. The minimum absolute atomic E-state index is 0.176. The largest absolute Gasteiger partial charge is 0.465 e. The third-order valence-corrected chi connectivity index (χ3v) is 4.23. The number of carbonyl (C=O) groups is 1. The van der Waals surface area contributed by atoms with Crippen molar-refractivity contribution in [1.82, 2.24) is 9.97 Å². The molecule has 1 aromatic heterocycles. The van der Waals surface area contributed by atoms with Gasteiger partial charge in [-0.15, -0.1) is 0 Å². The maximum absolute atomic E-state index is 11.8. The Morgan fingerprint density at radius 3 is 2.70 bits per heavy atom. The molecule has 12 heteroatoms. The highest BCUT2D eigenvalue weighted by Crippen LogP contribution is 2.39. The van der Waals surface area contributed by atoms with E-state index in [-0.39, 0.29) is 35.8 Å². The average molecular weight is 432 g/mol. The van der Waals surface area contributed by atoms with Gasteiger partial charge in [-0.3, -0.25) is 14.9 Å². The van der Waals surface area contributed by atoms with Crippen molar-refractivity contribution in [3.05, 3.63) is 33.9 Å². The number of hydrogen-bond acceptors (Lipinski definition) is 11. The molecule has 2 aromatic rings. The molecule has 0 aliphatic rings. The lowest BCUT2D eigenvalue weighted by atomic mass is 10.2. The minimum atomic E-state index is -0.698. The standard InChI is InChI=1S/C18H20N6O5S/c1-5-28-14(25)10-20-16-15(24(26)27)17(22-18(21-16)30-4)29-13-8-11(9-19)6-7-12(13)23(2)3/h6-8H,5,10H2,1-4H3,(H,20,21,22). The number of nitro groups is 1. The molecule has 158 valence electrons. The zero-order valence-corrected chi connectivity index (χ0v) is 17.6. The highest BCUT2D eigenvalue weighted by Gasteiger charge is 2.28. The summed E-state index contributed by atoms with van der Waals surface area (Å²) in [4.78, 5) is 32.7. The lowest BCUT2D eigenvalue weighted by Gasteiger charge is -2.18. The zero-order chi connectivity index (χ0) is 22.3. The van der Waals surface area contributed by atoms with Crippen LogP contribution < -0.4 is 15.0 Å². The van der Waals surface area contributed by atoms with Gasteiger partial charge in [0.2, 0.25) is 5.82 Å². The van der Waals surface area contributed by atoms with Crippen LogP contribution in [0, 0.1) is 21.4 Å². The molecule has 1 heterocycles. The van der Waals surface area contributed by atoms with E-state index in [9.17, 15) is 20.2 Å². The molecular weight excluding hydrogens is 412 g/mol. The number of anilines is 2. The summed E-state index contributed by atoms with van der Waals surface area (Å²) in [7, 11) is 3.53. The van der Waals surface area contributed by atoms with E-state index in [0.717, 1.165) is 11.8 Å². The molecule has 0 saturated heterocycles. The fraction of sp³-hybridized carbons (Fsp3) is 0.333. The Morgan fingerprint density at radius 2 is 2.13 bits per heavy atom. The van der Waals surface area contributed by atoms with E-state index >= 15 is 0 Å². The van der Waals surface area contributed by atoms with Crippen LogP contribution in [0.3, 0.4) is 0 Å². The third-order valence-electron chi connectivity index (χ3n) is 3.68. The van der Waals surface area contributed by atoms with Crippen LogP contribution in [0.1, 0.15) is 12.5 Å². The van der Waals surface area contributed by atoms with E-state index in [1.54, 1.807) is 44.3 Å². The lowest BCUT2D eigenvalue weighted by molar-refractivity contribution is -0.385. The van der Waals surface area contributed by atoms with Gasteiger partial charge in [-0.25, -0.2) is 0 Å². The first-order valence-electron chi connectivity index (χ1n) is 8.69. The van der Waals surface area contributed by atoms with Gasteiger partial charge in [0.1, 0.15) is 6.54 Å². The van der Waals surface area contributed by atoms with E-state index in [2.05, 4.69) is 15.3 Å². The average Bonchev–Trinajstić information content (AvgIpc) is 2.71. The van der Waals surface area contributed by atoms with Gasteiger partial charge in [-0.1, -0.05) is 11.8 Å². The number of rotatable bonds is 9. The molecule has 1 aromatic carbocycles. The number of hydrogen-bond donors (Lipinski definition) is 1. The third kappa shape index (κ3) is 5.48. The number of nitriles is 1. The van der Waals surface area contributed by atoms with Crippen molar-refractivity contribution < 1.29 is 19.2 Å². The number of nitrogens with zero attached hydrogens (tertiary/aromatic N) is 5. The van der Waals surface area contributed by atoms with E-state index < -0.39 is 16.6 Å². The first-order chi connectivity index (χ1) is 14.3. The molecule has 0 fully saturated rings. The molecule has 11 nitrogen and oxygen atoms in total. The summed E-state index contributed by atoms with van der Waals surface area (Å²) in [5.74, 6) is -0.867. The van der Waals surface area contributed by atoms with Gasteiger partial charge in [-0.2, -0.15) is 15.2 Å².